The highest BCUT2D eigenvalue weighted by Crippen LogP contribution is 2.37. The zero-order chi connectivity index (χ0) is 11.4. The Labute approximate surface area is 92.4 Å². The van der Waals surface area contributed by atoms with E-state index in [1.54, 1.807) is 0 Å². The summed E-state index contributed by atoms with van der Waals surface area (Å²) < 4.78 is 0. The number of carboxylic acids is 1. The molecule has 0 heterocycles. The van der Waals surface area contributed by atoms with Crippen LogP contribution in [-0.2, 0) is 4.79 Å². The van der Waals surface area contributed by atoms with Crippen molar-refractivity contribution >= 4 is 5.97 Å². The van der Waals surface area contributed by atoms with Gasteiger partial charge in [0.2, 0.25) is 0 Å². The number of hydrogen-bond acceptors (Lipinski definition) is 1. The van der Waals surface area contributed by atoms with E-state index in [0.717, 1.165) is 37.7 Å². The molecule has 0 spiro atoms. The largest absolute Gasteiger partial charge is 0.481 e. The molecule has 0 saturated heterocycles. The van der Waals surface area contributed by atoms with Crippen LogP contribution in [0.2, 0.25) is 0 Å². The molecule has 1 aliphatic rings. The maximum atomic E-state index is 11.1. The van der Waals surface area contributed by atoms with Gasteiger partial charge in [-0.15, -0.1) is 6.58 Å². The van der Waals surface area contributed by atoms with Crippen molar-refractivity contribution in [2.75, 3.05) is 0 Å². The second-order valence-electron chi connectivity index (χ2n) is 5.12. The third-order valence-electron chi connectivity index (χ3n) is 3.50. The normalized spacial score (nSPS) is 31.2. The first-order valence-corrected chi connectivity index (χ1v) is 5.88. The van der Waals surface area contributed by atoms with Crippen molar-refractivity contribution in [3.8, 4) is 0 Å². The monoisotopic (exact) mass is 210 g/mol. The van der Waals surface area contributed by atoms with Crippen LogP contribution in [0.3, 0.4) is 0 Å². The van der Waals surface area contributed by atoms with Crippen molar-refractivity contribution in [2.24, 2.45) is 17.8 Å². The molecule has 3 atom stereocenters. The van der Waals surface area contributed by atoms with E-state index in [9.17, 15) is 4.79 Å². The lowest BCUT2D eigenvalue weighted by atomic mass is 9.72. The van der Waals surface area contributed by atoms with Crippen LogP contribution in [0.25, 0.3) is 0 Å². The second-order valence-corrected chi connectivity index (χ2v) is 5.12. The summed E-state index contributed by atoms with van der Waals surface area (Å²) >= 11 is 0. The topological polar surface area (TPSA) is 37.3 Å². The highest BCUT2D eigenvalue weighted by Gasteiger charge is 2.32. The Kier molecular flexibility index (Phi) is 4.37. The molecule has 1 aliphatic carbocycles. The average molecular weight is 210 g/mol. The van der Waals surface area contributed by atoms with Gasteiger partial charge in [0.1, 0.15) is 0 Å². The number of carboxylic acid groups (broad SMARTS) is 1. The quantitative estimate of drug-likeness (QED) is 0.721. The van der Waals surface area contributed by atoms with Gasteiger partial charge in [0.05, 0.1) is 5.92 Å². The number of aliphatic carboxylic acids is 1. The van der Waals surface area contributed by atoms with Gasteiger partial charge in [0.25, 0.3) is 0 Å². The van der Waals surface area contributed by atoms with Crippen LogP contribution in [0.5, 0.6) is 0 Å². The predicted molar refractivity (Wildman–Crippen MR) is 61.7 cm³/mol. The fourth-order valence-corrected chi connectivity index (χ4v) is 2.57. The van der Waals surface area contributed by atoms with Crippen LogP contribution in [0.1, 0.15) is 46.0 Å². The molecule has 0 radical (unpaired) electrons. The van der Waals surface area contributed by atoms with Gasteiger partial charge in [-0.25, -0.2) is 0 Å². The summed E-state index contributed by atoms with van der Waals surface area (Å²) in [6, 6.07) is 0. The minimum atomic E-state index is -0.603. The first-order valence-electron chi connectivity index (χ1n) is 5.88. The first kappa shape index (κ1) is 12.3. The number of allylic oxidation sites excluding steroid dienone is 1. The van der Waals surface area contributed by atoms with Gasteiger partial charge in [0, 0.05) is 0 Å². The lowest BCUT2D eigenvalue weighted by molar-refractivity contribution is -0.145. The van der Waals surface area contributed by atoms with E-state index in [1.165, 1.54) is 0 Å². The van der Waals surface area contributed by atoms with Crippen LogP contribution < -0.4 is 0 Å². The molecule has 1 N–H and O–H groups in total. The molecule has 0 aromatic carbocycles. The second kappa shape index (κ2) is 5.34. The summed E-state index contributed by atoms with van der Waals surface area (Å²) in [5, 5.41) is 9.14. The van der Waals surface area contributed by atoms with Gasteiger partial charge >= 0.3 is 5.97 Å². The summed E-state index contributed by atoms with van der Waals surface area (Å²) in [5.41, 5.74) is 1.16. The third kappa shape index (κ3) is 3.69. The zero-order valence-electron chi connectivity index (χ0n) is 9.83. The van der Waals surface area contributed by atoms with Gasteiger partial charge in [0.15, 0.2) is 0 Å². The Morgan fingerprint density at radius 3 is 2.67 bits per heavy atom. The van der Waals surface area contributed by atoms with E-state index in [4.69, 9.17) is 5.11 Å². The summed E-state index contributed by atoms with van der Waals surface area (Å²) in [5.74, 6) is 0.341. The Hall–Kier alpha value is -0.790. The smallest absolute Gasteiger partial charge is 0.306 e. The molecule has 15 heavy (non-hydrogen) atoms. The number of carbonyl (C=O) groups is 1. The average Bonchev–Trinajstić information content (AvgIpc) is 2.14. The molecule has 1 rings (SSSR count). The zero-order valence-corrected chi connectivity index (χ0v) is 9.83. The Morgan fingerprint density at radius 2 is 2.13 bits per heavy atom. The standard InChI is InChI=1S/C13H22O2/c1-9(2)4-6-11-8-10(3)5-7-12(11)13(14)15/h10-12H,1,4-8H2,2-3H3,(H,14,15). The molecule has 2 nitrogen and oxygen atoms in total. The molecule has 0 amide bonds. The molecular weight excluding hydrogens is 188 g/mol. The highest BCUT2D eigenvalue weighted by atomic mass is 16.4. The van der Waals surface area contributed by atoms with Crippen molar-refractivity contribution in [1.29, 1.82) is 0 Å². The van der Waals surface area contributed by atoms with Crippen molar-refractivity contribution in [2.45, 2.75) is 46.0 Å². The fraction of sp³-hybridized carbons (Fsp3) is 0.769. The van der Waals surface area contributed by atoms with E-state index in [-0.39, 0.29) is 5.92 Å². The van der Waals surface area contributed by atoms with Crippen molar-refractivity contribution in [3.63, 3.8) is 0 Å². The van der Waals surface area contributed by atoms with Crippen LogP contribution in [0, 0.1) is 17.8 Å². The molecule has 0 aliphatic heterocycles. The van der Waals surface area contributed by atoms with Crippen LogP contribution >= 0.6 is 0 Å². The van der Waals surface area contributed by atoms with Crippen LogP contribution in [-0.4, -0.2) is 11.1 Å². The number of rotatable bonds is 4. The van der Waals surface area contributed by atoms with Gasteiger partial charge in [-0.3, -0.25) is 4.79 Å². The van der Waals surface area contributed by atoms with E-state index in [0.29, 0.717) is 11.8 Å². The summed E-state index contributed by atoms with van der Waals surface area (Å²) in [6.45, 7) is 8.12. The Morgan fingerprint density at radius 1 is 1.47 bits per heavy atom. The molecule has 86 valence electrons. The maximum absolute atomic E-state index is 11.1. The predicted octanol–water partition coefficient (Wildman–Crippen LogP) is 3.48. The lowest BCUT2D eigenvalue weighted by Gasteiger charge is -2.32. The molecule has 1 saturated carbocycles. The summed E-state index contributed by atoms with van der Waals surface area (Å²) in [6.07, 6.45) is 4.97. The molecular formula is C13H22O2. The Balaban J connectivity index is 2.54. The number of hydrogen-bond donors (Lipinski definition) is 1. The fourth-order valence-electron chi connectivity index (χ4n) is 2.57. The molecule has 2 heteroatoms. The summed E-state index contributed by atoms with van der Waals surface area (Å²) in [4.78, 5) is 11.1. The van der Waals surface area contributed by atoms with Crippen LogP contribution in [0.4, 0.5) is 0 Å². The molecule has 0 aromatic rings. The molecule has 1 fully saturated rings. The minimum absolute atomic E-state index is 0.111. The lowest BCUT2D eigenvalue weighted by Crippen LogP contribution is -2.29. The Bertz CT molecular complexity index is 245. The maximum Gasteiger partial charge on any atom is 0.306 e. The molecule has 0 aromatic heterocycles. The van der Waals surface area contributed by atoms with Gasteiger partial charge in [-0.05, 0) is 50.9 Å². The summed E-state index contributed by atoms with van der Waals surface area (Å²) in [7, 11) is 0. The highest BCUT2D eigenvalue weighted by molar-refractivity contribution is 5.70. The minimum Gasteiger partial charge on any atom is -0.481 e. The van der Waals surface area contributed by atoms with Crippen molar-refractivity contribution < 1.29 is 9.90 Å². The van der Waals surface area contributed by atoms with Gasteiger partial charge in [-0.2, -0.15) is 0 Å². The molecule has 3 unspecified atom stereocenters. The van der Waals surface area contributed by atoms with E-state index in [2.05, 4.69) is 13.5 Å². The first-order chi connectivity index (χ1) is 7.00. The van der Waals surface area contributed by atoms with Crippen molar-refractivity contribution in [3.05, 3.63) is 12.2 Å². The molecule has 0 bridgehead atoms. The van der Waals surface area contributed by atoms with Gasteiger partial charge < -0.3 is 5.11 Å². The SMILES string of the molecule is C=C(C)CCC1CC(C)CCC1C(=O)O. The van der Waals surface area contributed by atoms with Gasteiger partial charge in [-0.1, -0.05) is 12.5 Å². The van der Waals surface area contributed by atoms with E-state index >= 15 is 0 Å². The van der Waals surface area contributed by atoms with E-state index in [1.807, 2.05) is 6.92 Å². The van der Waals surface area contributed by atoms with Crippen LogP contribution in [0.15, 0.2) is 12.2 Å². The van der Waals surface area contributed by atoms with Crippen molar-refractivity contribution in [1.82, 2.24) is 0 Å². The van der Waals surface area contributed by atoms with E-state index < -0.39 is 5.97 Å². The third-order valence-corrected chi connectivity index (χ3v) is 3.50.